The monoisotopic (exact) mass is 373 g/mol. The van der Waals surface area contributed by atoms with E-state index in [1.165, 1.54) is 28.0 Å². The molecule has 0 saturated heterocycles. The van der Waals surface area contributed by atoms with Crippen molar-refractivity contribution in [2.75, 3.05) is 6.66 Å². The normalized spacial score (nSPS) is 10.6. The molecule has 27 heavy (non-hydrogen) atoms. The molecule has 0 saturated carbocycles. The van der Waals surface area contributed by atoms with Gasteiger partial charge in [0.1, 0.15) is 29.0 Å². The molecule has 0 nitrogen and oxygen atoms in total. The van der Waals surface area contributed by atoms with E-state index in [0.717, 1.165) is 0 Å². The molecule has 4 aromatic rings. The Bertz CT molecular complexity index is 826. The van der Waals surface area contributed by atoms with E-state index in [4.69, 9.17) is 0 Å². The highest BCUT2D eigenvalue weighted by Gasteiger charge is 2.39. The Labute approximate surface area is 161 Å². The second kappa shape index (κ2) is 9.26. The minimum Gasteiger partial charge on any atom is -0.207 e. The lowest BCUT2D eigenvalue weighted by atomic mass is 10.4. The Kier molecular flexibility index (Phi) is 6.52. The summed E-state index contributed by atoms with van der Waals surface area (Å²) in [6.07, 6.45) is 0. The SMILES string of the molecule is C[P+](c1ccccc1)(c1ccccc1)c1ccccc1.Fc1ccccc1. The molecule has 134 valence electrons. The zero-order valence-corrected chi connectivity index (χ0v) is 16.3. The molecule has 4 rings (SSSR count). The molecule has 0 N–H and O–H groups in total. The molecule has 0 aliphatic heterocycles. The van der Waals surface area contributed by atoms with Crippen LogP contribution in [0.3, 0.4) is 0 Å². The average molecular weight is 373 g/mol. The topological polar surface area (TPSA) is 0 Å². The van der Waals surface area contributed by atoms with E-state index in [2.05, 4.69) is 97.7 Å². The van der Waals surface area contributed by atoms with E-state index in [0.29, 0.717) is 0 Å². The Morgan fingerprint density at radius 3 is 0.926 bits per heavy atom. The van der Waals surface area contributed by atoms with E-state index in [9.17, 15) is 4.39 Å². The second-order valence-electron chi connectivity index (χ2n) is 6.31. The van der Waals surface area contributed by atoms with Crippen LogP contribution in [0.2, 0.25) is 0 Å². The van der Waals surface area contributed by atoms with Gasteiger partial charge in [0.25, 0.3) is 0 Å². The van der Waals surface area contributed by atoms with Gasteiger partial charge >= 0.3 is 0 Å². The Morgan fingerprint density at radius 1 is 0.444 bits per heavy atom. The molecule has 0 atom stereocenters. The van der Waals surface area contributed by atoms with Crippen LogP contribution >= 0.6 is 7.26 Å². The number of rotatable bonds is 3. The van der Waals surface area contributed by atoms with E-state index < -0.39 is 7.26 Å². The van der Waals surface area contributed by atoms with Crippen LogP contribution in [0.5, 0.6) is 0 Å². The van der Waals surface area contributed by atoms with Gasteiger partial charge in [-0.1, -0.05) is 72.8 Å². The lowest BCUT2D eigenvalue weighted by molar-refractivity contribution is 0.628. The fourth-order valence-electron chi connectivity index (χ4n) is 3.04. The van der Waals surface area contributed by atoms with Crippen LogP contribution < -0.4 is 15.9 Å². The van der Waals surface area contributed by atoms with Crippen molar-refractivity contribution < 1.29 is 4.39 Å². The molecule has 0 aliphatic carbocycles. The quantitative estimate of drug-likeness (QED) is 0.420. The fourth-order valence-corrected chi connectivity index (χ4v) is 6.24. The fraction of sp³-hybridized carbons (Fsp3) is 0.0400. The van der Waals surface area contributed by atoms with Crippen LogP contribution in [0.25, 0.3) is 0 Å². The summed E-state index contributed by atoms with van der Waals surface area (Å²) in [6, 6.07) is 40.6. The van der Waals surface area contributed by atoms with Crippen molar-refractivity contribution in [3.63, 3.8) is 0 Å². The van der Waals surface area contributed by atoms with Crippen LogP contribution in [0.1, 0.15) is 0 Å². The van der Waals surface area contributed by atoms with Crippen LogP contribution in [0.15, 0.2) is 121 Å². The van der Waals surface area contributed by atoms with Crippen molar-refractivity contribution >= 4 is 23.2 Å². The van der Waals surface area contributed by atoms with E-state index in [-0.39, 0.29) is 5.82 Å². The van der Waals surface area contributed by atoms with Gasteiger partial charge in [-0.2, -0.15) is 0 Å². The van der Waals surface area contributed by atoms with Crippen molar-refractivity contribution in [1.82, 2.24) is 0 Å². The zero-order chi connectivity index (χ0) is 19.0. The molecule has 0 aromatic heterocycles. The molecule has 0 unspecified atom stereocenters. The summed E-state index contributed by atoms with van der Waals surface area (Å²) in [7, 11) is -1.53. The summed E-state index contributed by atoms with van der Waals surface area (Å²) in [5, 5.41) is 4.28. The molecular formula is C25H23FP+. The molecule has 2 heteroatoms. The van der Waals surface area contributed by atoms with Gasteiger partial charge in [0.2, 0.25) is 0 Å². The molecule has 0 spiro atoms. The summed E-state index contributed by atoms with van der Waals surface area (Å²) >= 11 is 0. The van der Waals surface area contributed by atoms with Crippen molar-refractivity contribution in [3.8, 4) is 0 Å². The van der Waals surface area contributed by atoms with Crippen LogP contribution in [0, 0.1) is 5.82 Å². The first-order valence-electron chi connectivity index (χ1n) is 8.95. The minimum absolute atomic E-state index is 0.178. The van der Waals surface area contributed by atoms with Crippen LogP contribution in [0.4, 0.5) is 4.39 Å². The van der Waals surface area contributed by atoms with Crippen molar-refractivity contribution in [2.24, 2.45) is 0 Å². The van der Waals surface area contributed by atoms with Gasteiger partial charge in [-0.15, -0.1) is 0 Å². The van der Waals surface area contributed by atoms with Crippen molar-refractivity contribution in [2.45, 2.75) is 0 Å². The number of hydrogen-bond donors (Lipinski definition) is 0. The predicted molar refractivity (Wildman–Crippen MR) is 117 cm³/mol. The van der Waals surface area contributed by atoms with Crippen LogP contribution in [-0.2, 0) is 0 Å². The lowest BCUT2D eigenvalue weighted by Crippen LogP contribution is -2.30. The lowest BCUT2D eigenvalue weighted by Gasteiger charge is -2.22. The molecule has 0 fully saturated rings. The third kappa shape index (κ3) is 4.70. The first kappa shape index (κ1) is 19.0. The second-order valence-corrected chi connectivity index (χ2v) is 9.87. The summed E-state index contributed by atoms with van der Waals surface area (Å²) in [5.41, 5.74) is 0. The summed E-state index contributed by atoms with van der Waals surface area (Å²) in [6.45, 7) is 2.41. The first-order chi connectivity index (χ1) is 13.2. The zero-order valence-electron chi connectivity index (χ0n) is 15.4. The number of hydrogen-bond acceptors (Lipinski definition) is 0. The minimum atomic E-state index is -1.53. The Hall–Kier alpha value is -2.76. The van der Waals surface area contributed by atoms with Gasteiger partial charge in [0.15, 0.2) is 0 Å². The predicted octanol–water partition coefficient (Wildman–Crippen LogP) is 5.44. The third-order valence-electron chi connectivity index (χ3n) is 4.55. The number of halogens is 1. The Balaban J connectivity index is 0.000000253. The smallest absolute Gasteiger partial charge is 0.123 e. The van der Waals surface area contributed by atoms with Crippen molar-refractivity contribution in [1.29, 1.82) is 0 Å². The average Bonchev–Trinajstić information content (AvgIpc) is 2.76. The summed E-state index contributed by atoms with van der Waals surface area (Å²) < 4.78 is 11.9. The van der Waals surface area contributed by atoms with Gasteiger partial charge < -0.3 is 0 Å². The number of benzene rings is 4. The van der Waals surface area contributed by atoms with Gasteiger partial charge in [-0.25, -0.2) is 4.39 Å². The standard InChI is InChI=1S/C19H18P.C6H5F/c1-20(17-11-5-2-6-12-17,18-13-7-3-8-14-18)19-15-9-4-10-16-19;7-6-4-2-1-3-5-6/h2-16H,1H3;1-5H/q+1;. The summed E-state index contributed by atoms with van der Waals surface area (Å²) in [5.74, 6) is -0.178. The largest absolute Gasteiger partial charge is 0.207 e. The molecule has 4 aromatic carbocycles. The maximum absolute atomic E-state index is 11.9. The third-order valence-corrected chi connectivity index (χ3v) is 8.54. The maximum Gasteiger partial charge on any atom is 0.123 e. The highest BCUT2D eigenvalue weighted by molar-refractivity contribution is 7.95. The molecule has 0 radical (unpaired) electrons. The molecular weight excluding hydrogens is 350 g/mol. The molecule has 0 heterocycles. The Morgan fingerprint density at radius 2 is 0.704 bits per heavy atom. The van der Waals surface area contributed by atoms with E-state index in [1.807, 2.05) is 0 Å². The van der Waals surface area contributed by atoms with Gasteiger partial charge in [-0.05, 0) is 48.5 Å². The molecule has 0 aliphatic rings. The molecule has 0 amide bonds. The van der Waals surface area contributed by atoms with Crippen molar-refractivity contribution in [3.05, 3.63) is 127 Å². The van der Waals surface area contributed by atoms with Crippen LogP contribution in [-0.4, -0.2) is 6.66 Å². The first-order valence-corrected chi connectivity index (χ1v) is 11.2. The summed E-state index contributed by atoms with van der Waals surface area (Å²) in [4.78, 5) is 0. The van der Waals surface area contributed by atoms with E-state index >= 15 is 0 Å². The maximum atomic E-state index is 11.9. The van der Waals surface area contributed by atoms with Gasteiger partial charge in [0, 0.05) is 0 Å². The highest BCUT2D eigenvalue weighted by atomic mass is 31.2. The van der Waals surface area contributed by atoms with E-state index in [1.54, 1.807) is 18.2 Å². The highest BCUT2D eigenvalue weighted by Crippen LogP contribution is 2.51. The van der Waals surface area contributed by atoms with Gasteiger partial charge in [-0.3, -0.25) is 0 Å². The van der Waals surface area contributed by atoms with Gasteiger partial charge in [0.05, 0.1) is 6.66 Å². The molecule has 0 bridgehead atoms.